The maximum atomic E-state index is 3.70. The highest BCUT2D eigenvalue weighted by molar-refractivity contribution is 7.99. The normalized spacial score (nSPS) is 25.2. The first kappa shape index (κ1) is 13.5. The van der Waals surface area contributed by atoms with E-state index in [9.17, 15) is 0 Å². The quantitative estimate of drug-likeness (QED) is 0.857. The second-order valence-electron chi connectivity index (χ2n) is 5.95. The Hall–Kier alpha value is -0.470. The van der Waals surface area contributed by atoms with Gasteiger partial charge in [0.15, 0.2) is 0 Å². The van der Waals surface area contributed by atoms with Gasteiger partial charge in [-0.1, -0.05) is 37.6 Å². The van der Waals surface area contributed by atoms with Crippen LogP contribution in [0.1, 0.15) is 55.7 Å². The van der Waals surface area contributed by atoms with Gasteiger partial charge in [-0.05, 0) is 60.3 Å². The van der Waals surface area contributed by atoms with Gasteiger partial charge in [0.1, 0.15) is 0 Å². The van der Waals surface area contributed by atoms with E-state index in [0.29, 0.717) is 6.04 Å². The molecule has 0 spiro atoms. The van der Waals surface area contributed by atoms with Crippen LogP contribution in [0.3, 0.4) is 0 Å². The van der Waals surface area contributed by atoms with Crippen molar-refractivity contribution in [3.05, 3.63) is 35.4 Å². The topological polar surface area (TPSA) is 12.0 Å². The van der Waals surface area contributed by atoms with Crippen LogP contribution in [0.15, 0.2) is 24.3 Å². The largest absolute Gasteiger partial charge is 0.310 e. The third-order valence-corrected chi connectivity index (χ3v) is 5.92. The fraction of sp³-hybridized carbons (Fsp3) is 0.647. The minimum Gasteiger partial charge on any atom is -0.310 e. The van der Waals surface area contributed by atoms with Crippen LogP contribution in [0.5, 0.6) is 0 Å². The highest BCUT2D eigenvalue weighted by atomic mass is 32.2. The molecule has 2 unspecified atom stereocenters. The molecule has 1 N–H and O–H groups in total. The van der Waals surface area contributed by atoms with Gasteiger partial charge in [-0.2, -0.15) is 11.8 Å². The van der Waals surface area contributed by atoms with Crippen molar-refractivity contribution in [1.82, 2.24) is 5.32 Å². The van der Waals surface area contributed by atoms with Gasteiger partial charge >= 0.3 is 0 Å². The van der Waals surface area contributed by atoms with Crippen molar-refractivity contribution in [1.29, 1.82) is 0 Å². The molecule has 2 fully saturated rings. The second kappa shape index (κ2) is 6.32. The van der Waals surface area contributed by atoms with Gasteiger partial charge < -0.3 is 5.32 Å². The molecule has 1 aliphatic carbocycles. The summed E-state index contributed by atoms with van der Waals surface area (Å²) in [5, 5.41) is 3.70. The molecule has 0 radical (unpaired) electrons. The van der Waals surface area contributed by atoms with Crippen molar-refractivity contribution in [2.24, 2.45) is 5.92 Å². The Morgan fingerprint density at radius 2 is 2.00 bits per heavy atom. The first-order chi connectivity index (χ1) is 9.38. The van der Waals surface area contributed by atoms with Gasteiger partial charge in [-0.15, -0.1) is 0 Å². The molecule has 1 nitrogen and oxygen atoms in total. The molecule has 1 saturated carbocycles. The molecule has 1 heterocycles. The molecule has 19 heavy (non-hydrogen) atoms. The fourth-order valence-electron chi connectivity index (χ4n) is 3.31. The molecule has 2 aliphatic rings. The third-order valence-electron chi connectivity index (χ3n) is 4.73. The maximum Gasteiger partial charge on any atom is 0.0356 e. The zero-order valence-electron chi connectivity index (χ0n) is 11.9. The van der Waals surface area contributed by atoms with Gasteiger partial charge in [-0.3, -0.25) is 0 Å². The lowest BCUT2D eigenvalue weighted by molar-refractivity contribution is 0.400. The summed E-state index contributed by atoms with van der Waals surface area (Å²) in [7, 11) is 0. The van der Waals surface area contributed by atoms with E-state index in [-0.39, 0.29) is 0 Å². The van der Waals surface area contributed by atoms with Crippen molar-refractivity contribution < 1.29 is 0 Å². The number of nitrogens with one attached hydrogen (secondary N) is 1. The Morgan fingerprint density at radius 1 is 1.21 bits per heavy atom. The predicted molar refractivity (Wildman–Crippen MR) is 84.9 cm³/mol. The van der Waals surface area contributed by atoms with Crippen molar-refractivity contribution in [3.63, 3.8) is 0 Å². The monoisotopic (exact) mass is 275 g/mol. The SMILES string of the molecule is CCNC(c1ccc(C2CCC2)cc1)C1CCSC1. The van der Waals surface area contributed by atoms with E-state index in [4.69, 9.17) is 0 Å². The zero-order valence-corrected chi connectivity index (χ0v) is 12.7. The first-order valence-corrected chi connectivity index (χ1v) is 8.95. The van der Waals surface area contributed by atoms with Crippen molar-refractivity contribution in [2.45, 2.75) is 44.6 Å². The molecular weight excluding hydrogens is 250 g/mol. The molecule has 0 bridgehead atoms. The van der Waals surface area contributed by atoms with Gasteiger partial charge in [0, 0.05) is 6.04 Å². The molecule has 0 amide bonds. The lowest BCUT2D eigenvalue weighted by atomic mass is 9.79. The summed E-state index contributed by atoms with van der Waals surface area (Å²) >= 11 is 2.11. The van der Waals surface area contributed by atoms with E-state index >= 15 is 0 Å². The van der Waals surface area contributed by atoms with Crippen LogP contribution in [0.25, 0.3) is 0 Å². The lowest BCUT2D eigenvalue weighted by Crippen LogP contribution is -2.28. The number of rotatable bonds is 5. The summed E-state index contributed by atoms with van der Waals surface area (Å²) in [6.07, 6.45) is 5.59. The highest BCUT2D eigenvalue weighted by Gasteiger charge is 2.26. The summed E-state index contributed by atoms with van der Waals surface area (Å²) in [6, 6.07) is 10.1. The Balaban J connectivity index is 1.73. The zero-order chi connectivity index (χ0) is 13.1. The van der Waals surface area contributed by atoms with Crippen molar-refractivity contribution >= 4 is 11.8 Å². The molecule has 1 aromatic carbocycles. The minimum absolute atomic E-state index is 0.565. The molecule has 1 aromatic rings. The summed E-state index contributed by atoms with van der Waals surface area (Å²) in [6.45, 7) is 3.29. The third kappa shape index (κ3) is 3.00. The Morgan fingerprint density at radius 3 is 2.53 bits per heavy atom. The number of benzene rings is 1. The maximum absolute atomic E-state index is 3.70. The van der Waals surface area contributed by atoms with Crippen molar-refractivity contribution in [3.8, 4) is 0 Å². The summed E-state index contributed by atoms with van der Waals surface area (Å²) in [4.78, 5) is 0. The van der Waals surface area contributed by atoms with Crippen LogP contribution in [0.2, 0.25) is 0 Å². The number of hydrogen-bond acceptors (Lipinski definition) is 2. The molecule has 1 saturated heterocycles. The average molecular weight is 275 g/mol. The smallest absolute Gasteiger partial charge is 0.0356 e. The molecule has 1 aliphatic heterocycles. The van der Waals surface area contributed by atoms with E-state index in [1.807, 2.05) is 0 Å². The van der Waals surface area contributed by atoms with Gasteiger partial charge in [-0.25, -0.2) is 0 Å². The number of thioether (sulfide) groups is 1. The summed E-state index contributed by atoms with van der Waals surface area (Å²) < 4.78 is 0. The molecule has 104 valence electrons. The van der Waals surface area contributed by atoms with Crippen LogP contribution in [-0.4, -0.2) is 18.1 Å². The van der Waals surface area contributed by atoms with Gasteiger partial charge in [0.05, 0.1) is 0 Å². The summed E-state index contributed by atoms with van der Waals surface area (Å²) in [5.41, 5.74) is 3.06. The minimum atomic E-state index is 0.565. The fourth-order valence-corrected chi connectivity index (χ4v) is 4.61. The van der Waals surface area contributed by atoms with Crippen LogP contribution >= 0.6 is 11.8 Å². The summed E-state index contributed by atoms with van der Waals surface area (Å²) in [5.74, 6) is 4.34. The van der Waals surface area contributed by atoms with E-state index < -0.39 is 0 Å². The van der Waals surface area contributed by atoms with Crippen LogP contribution < -0.4 is 5.32 Å². The molecule has 0 aromatic heterocycles. The average Bonchev–Trinajstić information content (AvgIpc) is 2.89. The first-order valence-electron chi connectivity index (χ1n) is 7.79. The molecule has 2 heteroatoms. The van der Waals surface area contributed by atoms with Gasteiger partial charge in [0.2, 0.25) is 0 Å². The van der Waals surface area contributed by atoms with E-state index in [2.05, 4.69) is 48.3 Å². The second-order valence-corrected chi connectivity index (χ2v) is 7.10. The van der Waals surface area contributed by atoms with E-state index in [0.717, 1.165) is 18.4 Å². The predicted octanol–water partition coefficient (Wildman–Crippen LogP) is 4.36. The Labute approximate surface area is 121 Å². The number of hydrogen-bond donors (Lipinski definition) is 1. The van der Waals surface area contributed by atoms with E-state index in [1.54, 1.807) is 5.56 Å². The Kier molecular flexibility index (Phi) is 4.49. The molecular formula is C17H25NS. The molecule has 2 atom stereocenters. The van der Waals surface area contributed by atoms with Crippen LogP contribution in [-0.2, 0) is 0 Å². The highest BCUT2D eigenvalue weighted by Crippen LogP contribution is 2.38. The Bertz CT molecular complexity index is 390. The molecule has 3 rings (SSSR count). The van der Waals surface area contributed by atoms with E-state index in [1.165, 1.54) is 42.8 Å². The van der Waals surface area contributed by atoms with Crippen molar-refractivity contribution in [2.75, 3.05) is 18.1 Å². The van der Waals surface area contributed by atoms with Gasteiger partial charge in [0.25, 0.3) is 0 Å². The lowest BCUT2D eigenvalue weighted by Gasteiger charge is -2.28. The standard InChI is InChI=1S/C17H25NS/c1-2-18-17(16-10-11-19-12-16)15-8-6-14(7-9-15)13-4-3-5-13/h6-9,13,16-18H,2-5,10-12H2,1H3. The van der Waals surface area contributed by atoms with Crippen LogP contribution in [0.4, 0.5) is 0 Å². The van der Waals surface area contributed by atoms with Crippen LogP contribution in [0, 0.1) is 5.92 Å².